The van der Waals surface area contributed by atoms with Gasteiger partial charge in [0.2, 0.25) is 0 Å². The van der Waals surface area contributed by atoms with Crippen molar-refractivity contribution in [2.75, 3.05) is 20.6 Å². The van der Waals surface area contributed by atoms with Gasteiger partial charge in [-0.05, 0) is 24.6 Å². The molecular weight excluding hydrogens is 358 g/mol. The number of hydrogen-bond acceptors (Lipinski definition) is 4. The van der Waals surface area contributed by atoms with Crippen molar-refractivity contribution >= 4 is 17.6 Å². The number of hydrogen-bond donors (Lipinski definition) is 2. The van der Waals surface area contributed by atoms with Crippen molar-refractivity contribution in [3.63, 3.8) is 0 Å². The lowest BCUT2D eigenvalue weighted by molar-refractivity contribution is -0.385. The molecule has 0 saturated heterocycles. The summed E-state index contributed by atoms with van der Waals surface area (Å²) in [5.41, 5.74) is 2.24. The van der Waals surface area contributed by atoms with Crippen LogP contribution in [0.4, 0.5) is 5.69 Å². The topological polar surface area (TPSA) is 99.9 Å². The van der Waals surface area contributed by atoms with Crippen LogP contribution in [0.15, 0.2) is 53.5 Å². The molecule has 0 bridgehead atoms. The van der Waals surface area contributed by atoms with Crippen LogP contribution in [-0.2, 0) is 13.1 Å². The third kappa shape index (κ3) is 5.80. The summed E-state index contributed by atoms with van der Waals surface area (Å²) in [6.45, 7) is 3.32. The van der Waals surface area contributed by atoms with E-state index < -0.39 is 4.92 Å². The monoisotopic (exact) mass is 383 g/mol. The zero-order chi connectivity index (χ0) is 20.5. The molecule has 0 unspecified atom stereocenters. The Bertz CT molecular complexity index is 847. The van der Waals surface area contributed by atoms with E-state index in [0.29, 0.717) is 36.7 Å². The van der Waals surface area contributed by atoms with Gasteiger partial charge in [-0.3, -0.25) is 14.9 Å². The van der Waals surface area contributed by atoms with Crippen LogP contribution >= 0.6 is 0 Å². The van der Waals surface area contributed by atoms with Crippen molar-refractivity contribution in [2.45, 2.75) is 20.0 Å². The summed E-state index contributed by atoms with van der Waals surface area (Å²) in [4.78, 5) is 28.7. The third-order valence-corrected chi connectivity index (χ3v) is 4.01. The molecule has 0 spiro atoms. The number of amides is 1. The molecule has 8 heteroatoms. The zero-order valence-electron chi connectivity index (χ0n) is 16.3. The highest BCUT2D eigenvalue weighted by molar-refractivity contribution is 5.93. The van der Waals surface area contributed by atoms with Crippen LogP contribution in [0.2, 0.25) is 0 Å². The second-order valence-corrected chi connectivity index (χ2v) is 6.33. The molecule has 2 N–H and O–H groups in total. The van der Waals surface area contributed by atoms with Crippen LogP contribution in [0.25, 0.3) is 0 Å². The first-order valence-corrected chi connectivity index (χ1v) is 8.97. The fourth-order valence-electron chi connectivity index (χ4n) is 2.54. The minimum absolute atomic E-state index is 0.0467. The van der Waals surface area contributed by atoms with E-state index >= 15 is 0 Å². The predicted molar refractivity (Wildman–Crippen MR) is 109 cm³/mol. The summed E-state index contributed by atoms with van der Waals surface area (Å²) in [6, 6.07) is 13.9. The number of nitro benzene ring substituents is 1. The zero-order valence-corrected chi connectivity index (χ0v) is 16.3. The smallest absolute Gasteiger partial charge is 0.274 e. The van der Waals surface area contributed by atoms with Gasteiger partial charge in [0.15, 0.2) is 5.96 Å². The van der Waals surface area contributed by atoms with E-state index in [1.807, 2.05) is 19.1 Å². The van der Waals surface area contributed by atoms with Gasteiger partial charge in [-0.2, -0.15) is 0 Å². The van der Waals surface area contributed by atoms with Gasteiger partial charge in [0.05, 0.1) is 11.5 Å². The lowest BCUT2D eigenvalue weighted by Crippen LogP contribution is -2.36. The number of rotatable bonds is 7. The minimum atomic E-state index is -0.391. The Hall–Kier alpha value is -3.42. The van der Waals surface area contributed by atoms with E-state index in [9.17, 15) is 14.9 Å². The number of carbonyl (C=O) groups excluding carboxylic acids is 1. The standard InChI is InChI=1S/C20H25N5O3/c1-4-21-20(23-14-17-7-5-6-8-18(17)25(27)28)22-13-15-9-11-16(12-10-15)19(26)24(2)3/h5-12H,4,13-14H2,1-3H3,(H2,21,22,23). The van der Waals surface area contributed by atoms with Crippen molar-refractivity contribution < 1.29 is 9.72 Å². The summed E-state index contributed by atoms with van der Waals surface area (Å²) >= 11 is 0. The number of aliphatic imine (C=N–C) groups is 1. The SMILES string of the molecule is CCNC(=NCc1ccc(C(=O)N(C)C)cc1)NCc1ccccc1[N+](=O)[O-]. The molecule has 0 heterocycles. The lowest BCUT2D eigenvalue weighted by Gasteiger charge is -2.12. The van der Waals surface area contributed by atoms with Gasteiger partial charge in [0.1, 0.15) is 0 Å². The second kappa shape index (κ2) is 10.1. The molecule has 0 atom stereocenters. The first-order chi connectivity index (χ1) is 13.4. The number of carbonyl (C=O) groups is 1. The molecule has 8 nitrogen and oxygen atoms in total. The second-order valence-electron chi connectivity index (χ2n) is 6.33. The van der Waals surface area contributed by atoms with E-state index in [2.05, 4.69) is 15.6 Å². The lowest BCUT2D eigenvalue weighted by atomic mass is 10.1. The summed E-state index contributed by atoms with van der Waals surface area (Å²) in [5.74, 6) is 0.517. The molecule has 2 aromatic carbocycles. The molecule has 28 heavy (non-hydrogen) atoms. The predicted octanol–water partition coefficient (Wildman–Crippen LogP) is 2.55. The quantitative estimate of drug-likeness (QED) is 0.331. The van der Waals surface area contributed by atoms with Crippen molar-refractivity contribution in [3.05, 3.63) is 75.3 Å². The molecule has 0 fully saturated rings. The van der Waals surface area contributed by atoms with Crippen molar-refractivity contribution in [1.29, 1.82) is 0 Å². The normalized spacial score (nSPS) is 11.0. The Morgan fingerprint density at radius 3 is 2.39 bits per heavy atom. The van der Waals surface area contributed by atoms with Gasteiger partial charge in [0.25, 0.3) is 11.6 Å². The molecular formula is C20H25N5O3. The number of benzene rings is 2. The molecule has 0 aliphatic carbocycles. The number of nitrogens with zero attached hydrogens (tertiary/aromatic N) is 3. The van der Waals surface area contributed by atoms with Gasteiger partial charge in [-0.15, -0.1) is 0 Å². The van der Waals surface area contributed by atoms with Gasteiger partial charge in [-0.25, -0.2) is 4.99 Å². The number of para-hydroxylation sites is 1. The van der Waals surface area contributed by atoms with Crippen molar-refractivity contribution in [3.8, 4) is 0 Å². The highest BCUT2D eigenvalue weighted by Gasteiger charge is 2.12. The maximum Gasteiger partial charge on any atom is 0.274 e. The fourth-order valence-corrected chi connectivity index (χ4v) is 2.54. The number of nitro groups is 1. The van der Waals surface area contributed by atoms with E-state index in [1.54, 1.807) is 44.4 Å². The average molecular weight is 383 g/mol. The largest absolute Gasteiger partial charge is 0.357 e. The highest BCUT2D eigenvalue weighted by Crippen LogP contribution is 2.17. The molecule has 0 aliphatic rings. The maximum absolute atomic E-state index is 11.9. The van der Waals surface area contributed by atoms with Crippen LogP contribution in [-0.4, -0.2) is 42.3 Å². The first-order valence-electron chi connectivity index (χ1n) is 8.97. The fraction of sp³-hybridized carbons (Fsp3) is 0.300. The molecule has 148 valence electrons. The Kier molecular flexibility index (Phi) is 7.50. The summed E-state index contributed by atoms with van der Waals surface area (Å²) in [7, 11) is 3.43. The van der Waals surface area contributed by atoms with Crippen LogP contribution < -0.4 is 10.6 Å². The molecule has 0 aromatic heterocycles. The molecule has 2 aromatic rings. The van der Waals surface area contributed by atoms with Crippen LogP contribution in [0.3, 0.4) is 0 Å². The molecule has 1 amide bonds. The van der Waals surface area contributed by atoms with Gasteiger partial charge >= 0.3 is 0 Å². The van der Waals surface area contributed by atoms with Gasteiger partial charge in [0, 0.05) is 44.4 Å². The average Bonchev–Trinajstić information content (AvgIpc) is 2.70. The highest BCUT2D eigenvalue weighted by atomic mass is 16.6. The maximum atomic E-state index is 11.9. The third-order valence-electron chi connectivity index (χ3n) is 4.01. The van der Waals surface area contributed by atoms with Crippen molar-refractivity contribution in [2.24, 2.45) is 4.99 Å². The van der Waals surface area contributed by atoms with Gasteiger partial charge in [-0.1, -0.05) is 30.3 Å². The Morgan fingerprint density at radius 2 is 1.79 bits per heavy atom. The summed E-state index contributed by atoms with van der Waals surface area (Å²) < 4.78 is 0. The van der Waals surface area contributed by atoms with Crippen LogP contribution in [0.5, 0.6) is 0 Å². The number of nitrogens with one attached hydrogen (secondary N) is 2. The molecule has 2 rings (SSSR count). The summed E-state index contributed by atoms with van der Waals surface area (Å²) in [6.07, 6.45) is 0. The van der Waals surface area contributed by atoms with E-state index in [0.717, 1.165) is 5.56 Å². The van der Waals surface area contributed by atoms with E-state index in [4.69, 9.17) is 0 Å². The summed E-state index contributed by atoms with van der Waals surface area (Å²) in [5, 5.41) is 17.4. The van der Waals surface area contributed by atoms with Crippen LogP contribution in [0.1, 0.15) is 28.4 Å². The molecule has 0 saturated carbocycles. The van der Waals surface area contributed by atoms with Crippen LogP contribution in [0, 0.1) is 10.1 Å². The number of guanidine groups is 1. The van der Waals surface area contributed by atoms with Gasteiger partial charge < -0.3 is 15.5 Å². The Morgan fingerprint density at radius 1 is 1.11 bits per heavy atom. The Balaban J connectivity index is 2.04. The van der Waals surface area contributed by atoms with Crippen molar-refractivity contribution in [1.82, 2.24) is 15.5 Å². The molecule has 0 radical (unpaired) electrons. The van der Waals surface area contributed by atoms with E-state index in [-0.39, 0.29) is 11.6 Å². The minimum Gasteiger partial charge on any atom is -0.357 e. The molecule has 0 aliphatic heterocycles. The Labute approximate surface area is 164 Å². The first kappa shape index (κ1) is 20.9. The van der Waals surface area contributed by atoms with E-state index in [1.165, 1.54) is 11.0 Å².